The minimum Gasteiger partial charge on any atom is -0.481 e. The molecular formula is C12H20N2O4. The molecule has 0 bridgehead atoms. The number of carboxylic acids is 1. The number of likely N-dealkylation sites (tertiary alicyclic amines) is 2. The Bertz CT molecular complexity index is 341. The van der Waals surface area contributed by atoms with Crippen LogP contribution < -0.4 is 0 Å². The zero-order valence-electron chi connectivity index (χ0n) is 10.8. The van der Waals surface area contributed by atoms with Crippen molar-refractivity contribution in [2.75, 3.05) is 33.3 Å². The molecule has 2 heterocycles. The van der Waals surface area contributed by atoms with Gasteiger partial charge in [0.2, 0.25) is 0 Å². The average molecular weight is 256 g/mol. The number of rotatable bonds is 2. The van der Waals surface area contributed by atoms with E-state index in [-0.39, 0.29) is 12.1 Å². The Morgan fingerprint density at radius 1 is 1.22 bits per heavy atom. The molecule has 2 fully saturated rings. The molecule has 2 rings (SSSR count). The lowest BCUT2D eigenvalue weighted by molar-refractivity contribution is -0.146. The maximum Gasteiger partial charge on any atom is 0.320 e. The molecule has 0 radical (unpaired) electrons. The normalized spacial score (nSPS) is 29.0. The molecule has 0 spiro atoms. The molecule has 6 nitrogen and oxygen atoms in total. The number of hydrogen-bond acceptors (Lipinski definition) is 3. The number of carbonyl (C=O) groups excluding carboxylic acids is 1. The van der Waals surface area contributed by atoms with Gasteiger partial charge < -0.3 is 19.6 Å². The van der Waals surface area contributed by atoms with E-state index in [1.807, 2.05) is 0 Å². The maximum absolute atomic E-state index is 12.1. The van der Waals surface area contributed by atoms with Crippen molar-refractivity contribution in [2.24, 2.45) is 11.8 Å². The first-order chi connectivity index (χ1) is 8.52. The SMILES string of the molecule is COC1CN(C(=O)N2CC(C(=O)O)C2)CCC1C. The number of methoxy groups -OCH3 is 1. The van der Waals surface area contributed by atoms with E-state index < -0.39 is 11.9 Å². The molecule has 102 valence electrons. The van der Waals surface area contributed by atoms with Crippen molar-refractivity contribution >= 4 is 12.0 Å². The summed E-state index contributed by atoms with van der Waals surface area (Å²) in [6.45, 7) is 4.12. The lowest BCUT2D eigenvalue weighted by atomic mass is 9.95. The summed E-state index contributed by atoms with van der Waals surface area (Å²) in [5.74, 6) is -0.751. The molecular weight excluding hydrogens is 236 g/mol. The molecule has 0 aliphatic carbocycles. The second-order valence-electron chi connectivity index (χ2n) is 5.21. The minimum absolute atomic E-state index is 0.0542. The third-order valence-corrected chi connectivity index (χ3v) is 3.96. The number of hydrogen-bond donors (Lipinski definition) is 1. The van der Waals surface area contributed by atoms with Gasteiger partial charge in [-0.25, -0.2) is 4.79 Å². The van der Waals surface area contributed by atoms with E-state index >= 15 is 0 Å². The zero-order valence-corrected chi connectivity index (χ0v) is 10.8. The van der Waals surface area contributed by atoms with Crippen molar-refractivity contribution in [1.29, 1.82) is 0 Å². The highest BCUT2D eigenvalue weighted by atomic mass is 16.5. The van der Waals surface area contributed by atoms with Gasteiger partial charge in [0, 0.05) is 33.3 Å². The van der Waals surface area contributed by atoms with E-state index in [0.29, 0.717) is 25.6 Å². The molecule has 0 aromatic carbocycles. The van der Waals surface area contributed by atoms with Crippen LogP contribution in [0.5, 0.6) is 0 Å². The largest absolute Gasteiger partial charge is 0.481 e. The fourth-order valence-corrected chi connectivity index (χ4v) is 2.51. The number of ether oxygens (including phenoxy) is 1. The van der Waals surface area contributed by atoms with Crippen LogP contribution in [-0.2, 0) is 9.53 Å². The first-order valence-electron chi connectivity index (χ1n) is 6.32. The molecule has 2 aliphatic rings. The van der Waals surface area contributed by atoms with Crippen molar-refractivity contribution < 1.29 is 19.4 Å². The Kier molecular flexibility index (Phi) is 3.75. The number of aliphatic carboxylic acids is 1. The quantitative estimate of drug-likeness (QED) is 0.780. The monoisotopic (exact) mass is 256 g/mol. The number of piperidine rings is 1. The van der Waals surface area contributed by atoms with E-state index in [0.717, 1.165) is 13.0 Å². The van der Waals surface area contributed by atoms with Crippen LogP contribution in [0.4, 0.5) is 4.79 Å². The predicted molar refractivity (Wildman–Crippen MR) is 64.2 cm³/mol. The van der Waals surface area contributed by atoms with Crippen LogP contribution in [0.2, 0.25) is 0 Å². The van der Waals surface area contributed by atoms with E-state index in [1.165, 1.54) is 0 Å². The van der Waals surface area contributed by atoms with Crippen molar-refractivity contribution in [2.45, 2.75) is 19.4 Å². The fraction of sp³-hybridized carbons (Fsp3) is 0.833. The van der Waals surface area contributed by atoms with Crippen LogP contribution in [0.3, 0.4) is 0 Å². The van der Waals surface area contributed by atoms with Crippen molar-refractivity contribution in [3.05, 3.63) is 0 Å². The Morgan fingerprint density at radius 3 is 2.44 bits per heavy atom. The van der Waals surface area contributed by atoms with Gasteiger partial charge >= 0.3 is 12.0 Å². The Morgan fingerprint density at radius 2 is 1.89 bits per heavy atom. The lowest BCUT2D eigenvalue weighted by Gasteiger charge is -2.43. The van der Waals surface area contributed by atoms with Gasteiger partial charge in [0.1, 0.15) is 0 Å². The predicted octanol–water partition coefficient (Wildman–Crippen LogP) is 0.480. The standard InChI is InChI=1S/C12H20N2O4/c1-8-3-4-13(7-10(8)18-2)12(17)14-5-9(6-14)11(15)16/h8-10H,3-7H2,1-2H3,(H,15,16). The highest BCUT2D eigenvalue weighted by Crippen LogP contribution is 2.23. The molecule has 1 N–H and O–H groups in total. The van der Waals surface area contributed by atoms with Gasteiger partial charge in [-0.05, 0) is 12.3 Å². The third kappa shape index (κ3) is 2.43. The van der Waals surface area contributed by atoms with Crippen LogP contribution in [-0.4, -0.2) is 66.3 Å². The average Bonchev–Trinajstić information content (AvgIpc) is 2.26. The summed E-state index contributed by atoms with van der Waals surface area (Å²) in [5.41, 5.74) is 0. The van der Waals surface area contributed by atoms with E-state index in [2.05, 4.69) is 6.92 Å². The van der Waals surface area contributed by atoms with E-state index in [4.69, 9.17) is 9.84 Å². The Hall–Kier alpha value is -1.30. The second-order valence-corrected chi connectivity index (χ2v) is 5.21. The first-order valence-corrected chi connectivity index (χ1v) is 6.32. The molecule has 2 aliphatic heterocycles. The first kappa shape index (κ1) is 13.1. The van der Waals surface area contributed by atoms with Gasteiger partial charge in [0.05, 0.1) is 12.0 Å². The van der Waals surface area contributed by atoms with E-state index in [9.17, 15) is 9.59 Å². The van der Waals surface area contributed by atoms with Crippen LogP contribution in [0.25, 0.3) is 0 Å². The van der Waals surface area contributed by atoms with Gasteiger partial charge in [0.15, 0.2) is 0 Å². The molecule has 2 unspecified atom stereocenters. The summed E-state index contributed by atoms with van der Waals surface area (Å²) in [6, 6.07) is -0.0542. The molecule has 0 aromatic rings. The highest BCUT2D eigenvalue weighted by molar-refractivity contribution is 5.80. The van der Waals surface area contributed by atoms with E-state index in [1.54, 1.807) is 16.9 Å². The summed E-state index contributed by atoms with van der Waals surface area (Å²) >= 11 is 0. The van der Waals surface area contributed by atoms with Crippen molar-refractivity contribution in [1.82, 2.24) is 9.80 Å². The Labute approximate surface area is 106 Å². The summed E-state index contributed by atoms with van der Waals surface area (Å²) < 4.78 is 5.37. The van der Waals surface area contributed by atoms with Crippen LogP contribution in [0, 0.1) is 11.8 Å². The van der Waals surface area contributed by atoms with Crippen LogP contribution >= 0.6 is 0 Å². The van der Waals surface area contributed by atoms with Crippen molar-refractivity contribution in [3.63, 3.8) is 0 Å². The molecule has 6 heteroatoms. The topological polar surface area (TPSA) is 70.1 Å². The number of carboxylic acid groups (broad SMARTS) is 1. The summed E-state index contributed by atoms with van der Waals surface area (Å²) in [5, 5.41) is 8.79. The van der Waals surface area contributed by atoms with Gasteiger partial charge in [-0.3, -0.25) is 4.79 Å². The Balaban J connectivity index is 1.85. The number of amides is 2. The number of nitrogens with zero attached hydrogens (tertiary/aromatic N) is 2. The molecule has 2 amide bonds. The number of carbonyl (C=O) groups is 2. The molecule has 0 aromatic heterocycles. The zero-order chi connectivity index (χ0) is 13.3. The third-order valence-electron chi connectivity index (χ3n) is 3.96. The van der Waals surface area contributed by atoms with Gasteiger partial charge in [-0.2, -0.15) is 0 Å². The van der Waals surface area contributed by atoms with Crippen molar-refractivity contribution in [3.8, 4) is 0 Å². The van der Waals surface area contributed by atoms with Crippen LogP contribution in [0.15, 0.2) is 0 Å². The lowest BCUT2D eigenvalue weighted by Crippen LogP contribution is -2.59. The molecule has 2 atom stereocenters. The van der Waals surface area contributed by atoms with Gasteiger partial charge in [-0.15, -0.1) is 0 Å². The van der Waals surface area contributed by atoms with Gasteiger partial charge in [0.25, 0.3) is 0 Å². The summed E-state index contributed by atoms with van der Waals surface area (Å²) in [6.07, 6.45) is 1.01. The second kappa shape index (κ2) is 5.14. The minimum atomic E-state index is -0.818. The van der Waals surface area contributed by atoms with Gasteiger partial charge in [-0.1, -0.05) is 6.92 Å². The summed E-state index contributed by atoms with van der Waals surface area (Å²) in [7, 11) is 1.67. The maximum atomic E-state index is 12.1. The molecule has 2 saturated heterocycles. The molecule has 0 saturated carbocycles. The summed E-state index contributed by atoms with van der Waals surface area (Å²) in [4.78, 5) is 26.2. The fourth-order valence-electron chi connectivity index (χ4n) is 2.51. The van der Waals surface area contributed by atoms with Crippen LogP contribution in [0.1, 0.15) is 13.3 Å². The smallest absolute Gasteiger partial charge is 0.320 e. The number of urea groups is 1. The highest BCUT2D eigenvalue weighted by Gasteiger charge is 2.39. The molecule has 18 heavy (non-hydrogen) atoms.